The van der Waals surface area contributed by atoms with E-state index < -0.39 is 9.84 Å². The van der Waals surface area contributed by atoms with E-state index in [2.05, 4.69) is 24.5 Å². The molecule has 6 heteroatoms. The van der Waals surface area contributed by atoms with Crippen molar-refractivity contribution < 1.29 is 13.2 Å². The quantitative estimate of drug-likeness (QED) is 0.856. The Morgan fingerprint density at radius 2 is 1.96 bits per heavy atom. The minimum absolute atomic E-state index is 0.00375. The normalized spacial score (nSPS) is 20.9. The zero-order valence-electron chi connectivity index (χ0n) is 14.1. The molecule has 2 rings (SSSR count). The minimum atomic E-state index is -3.41. The van der Waals surface area contributed by atoms with Gasteiger partial charge in [0, 0.05) is 19.0 Å². The number of aryl methyl sites for hydroxylation is 1. The molecule has 0 aromatic heterocycles. The number of hydrogen-bond donors (Lipinski definition) is 2. The van der Waals surface area contributed by atoms with Crippen molar-refractivity contribution in [1.29, 1.82) is 0 Å². The van der Waals surface area contributed by atoms with Crippen LogP contribution >= 0.6 is 0 Å². The first-order chi connectivity index (χ1) is 10.7. The molecule has 1 unspecified atom stereocenters. The number of sulfone groups is 1. The summed E-state index contributed by atoms with van der Waals surface area (Å²) in [6, 6.07) is 6.81. The zero-order chi connectivity index (χ0) is 17.1. The molecule has 1 fully saturated rings. The van der Waals surface area contributed by atoms with Crippen LogP contribution in [-0.4, -0.2) is 39.2 Å². The summed E-state index contributed by atoms with van der Waals surface area (Å²) in [5, 5.41) is 6.31. The monoisotopic (exact) mass is 338 g/mol. The van der Waals surface area contributed by atoms with Crippen LogP contribution in [0.15, 0.2) is 29.2 Å². The highest BCUT2D eigenvalue weighted by Crippen LogP contribution is 2.25. The molecule has 128 valence electrons. The summed E-state index contributed by atoms with van der Waals surface area (Å²) in [6.45, 7) is 7.83. The van der Waals surface area contributed by atoms with Gasteiger partial charge in [-0.2, -0.15) is 0 Å². The van der Waals surface area contributed by atoms with Gasteiger partial charge in [-0.25, -0.2) is 8.42 Å². The van der Waals surface area contributed by atoms with E-state index in [0.717, 1.165) is 25.1 Å². The van der Waals surface area contributed by atoms with Gasteiger partial charge in [0.2, 0.25) is 5.91 Å². The first-order valence-electron chi connectivity index (χ1n) is 8.00. The standard InChI is InChI=1S/C17H26N2O3S/c1-13-4-6-14(7-5-13)23(21,22)11-9-16(20)19-15-8-10-18-12-17(15,2)3/h4-7,15,18H,8-12H2,1-3H3,(H,19,20). The molecule has 1 amide bonds. The van der Waals surface area contributed by atoms with E-state index in [1.54, 1.807) is 24.3 Å². The third-order valence-electron chi connectivity index (χ3n) is 4.45. The summed E-state index contributed by atoms with van der Waals surface area (Å²) in [4.78, 5) is 12.4. The van der Waals surface area contributed by atoms with Crippen LogP contribution in [0.25, 0.3) is 0 Å². The van der Waals surface area contributed by atoms with Crippen LogP contribution in [0.2, 0.25) is 0 Å². The number of benzene rings is 1. The van der Waals surface area contributed by atoms with Gasteiger partial charge in [0.1, 0.15) is 0 Å². The van der Waals surface area contributed by atoms with Gasteiger partial charge in [0.15, 0.2) is 9.84 Å². The van der Waals surface area contributed by atoms with Crippen molar-refractivity contribution in [3.05, 3.63) is 29.8 Å². The van der Waals surface area contributed by atoms with Crippen LogP contribution in [0.5, 0.6) is 0 Å². The average molecular weight is 338 g/mol. The lowest BCUT2D eigenvalue weighted by Crippen LogP contribution is -2.54. The van der Waals surface area contributed by atoms with Crippen LogP contribution in [0.1, 0.15) is 32.3 Å². The molecule has 1 aromatic rings. The molecule has 1 heterocycles. The predicted octanol–water partition coefficient (Wildman–Crippen LogP) is 1.66. The molecule has 23 heavy (non-hydrogen) atoms. The molecule has 0 spiro atoms. The molecule has 1 saturated heterocycles. The number of amides is 1. The Kier molecular flexibility index (Phi) is 5.47. The van der Waals surface area contributed by atoms with E-state index in [0.29, 0.717) is 0 Å². The highest BCUT2D eigenvalue weighted by molar-refractivity contribution is 7.91. The number of carbonyl (C=O) groups is 1. The third-order valence-corrected chi connectivity index (χ3v) is 6.18. The molecule has 1 atom stereocenters. The molecule has 0 saturated carbocycles. The van der Waals surface area contributed by atoms with E-state index in [1.807, 2.05) is 6.92 Å². The van der Waals surface area contributed by atoms with Gasteiger partial charge < -0.3 is 10.6 Å². The average Bonchev–Trinajstić information content (AvgIpc) is 2.48. The van der Waals surface area contributed by atoms with Crippen LogP contribution in [0.4, 0.5) is 0 Å². The molecule has 0 bridgehead atoms. The highest BCUT2D eigenvalue weighted by Gasteiger charge is 2.33. The topological polar surface area (TPSA) is 75.3 Å². The fourth-order valence-electron chi connectivity index (χ4n) is 2.80. The van der Waals surface area contributed by atoms with Crippen LogP contribution in [-0.2, 0) is 14.6 Å². The minimum Gasteiger partial charge on any atom is -0.353 e. The fraction of sp³-hybridized carbons (Fsp3) is 0.588. The van der Waals surface area contributed by atoms with E-state index >= 15 is 0 Å². The van der Waals surface area contributed by atoms with Gasteiger partial charge in [-0.3, -0.25) is 4.79 Å². The molecular formula is C17H26N2O3S. The van der Waals surface area contributed by atoms with Crippen molar-refractivity contribution in [3.63, 3.8) is 0 Å². The Morgan fingerprint density at radius 3 is 2.57 bits per heavy atom. The van der Waals surface area contributed by atoms with Gasteiger partial charge in [-0.1, -0.05) is 31.5 Å². The Bertz CT molecular complexity index is 651. The summed E-state index contributed by atoms with van der Waals surface area (Å²) >= 11 is 0. The van der Waals surface area contributed by atoms with Gasteiger partial charge in [-0.15, -0.1) is 0 Å². The summed E-state index contributed by atoms with van der Waals surface area (Å²) in [6.07, 6.45) is 0.861. The predicted molar refractivity (Wildman–Crippen MR) is 91.0 cm³/mol. The first-order valence-corrected chi connectivity index (χ1v) is 9.65. The van der Waals surface area contributed by atoms with E-state index in [-0.39, 0.29) is 34.4 Å². The number of hydrogen-bond acceptors (Lipinski definition) is 4. The number of rotatable bonds is 5. The van der Waals surface area contributed by atoms with Crippen molar-refractivity contribution in [2.24, 2.45) is 5.41 Å². The Morgan fingerprint density at radius 1 is 1.30 bits per heavy atom. The van der Waals surface area contributed by atoms with Gasteiger partial charge >= 0.3 is 0 Å². The van der Waals surface area contributed by atoms with Crippen LogP contribution in [0, 0.1) is 12.3 Å². The van der Waals surface area contributed by atoms with E-state index in [4.69, 9.17) is 0 Å². The molecule has 5 nitrogen and oxygen atoms in total. The highest BCUT2D eigenvalue weighted by atomic mass is 32.2. The lowest BCUT2D eigenvalue weighted by atomic mass is 9.80. The van der Waals surface area contributed by atoms with Crippen molar-refractivity contribution in [2.45, 2.75) is 44.6 Å². The maximum atomic E-state index is 12.3. The zero-order valence-corrected chi connectivity index (χ0v) is 14.9. The maximum Gasteiger partial charge on any atom is 0.221 e. The molecule has 0 aliphatic carbocycles. The van der Waals surface area contributed by atoms with Crippen molar-refractivity contribution in [1.82, 2.24) is 10.6 Å². The second kappa shape index (κ2) is 7.01. The summed E-state index contributed by atoms with van der Waals surface area (Å²) < 4.78 is 24.6. The molecule has 1 aliphatic rings. The lowest BCUT2D eigenvalue weighted by Gasteiger charge is -2.39. The van der Waals surface area contributed by atoms with Crippen molar-refractivity contribution in [2.75, 3.05) is 18.8 Å². The van der Waals surface area contributed by atoms with E-state index in [9.17, 15) is 13.2 Å². The van der Waals surface area contributed by atoms with Gasteiger partial charge in [0.05, 0.1) is 10.6 Å². The largest absolute Gasteiger partial charge is 0.353 e. The lowest BCUT2D eigenvalue weighted by molar-refractivity contribution is -0.122. The van der Waals surface area contributed by atoms with E-state index in [1.165, 1.54) is 0 Å². The Hall–Kier alpha value is -1.40. The molecule has 1 aliphatic heterocycles. The fourth-order valence-corrected chi connectivity index (χ4v) is 4.04. The van der Waals surface area contributed by atoms with Crippen molar-refractivity contribution >= 4 is 15.7 Å². The first kappa shape index (κ1) is 17.9. The smallest absolute Gasteiger partial charge is 0.221 e. The summed E-state index contributed by atoms with van der Waals surface area (Å²) in [5.74, 6) is -0.353. The number of nitrogens with one attached hydrogen (secondary N) is 2. The Labute approximate surface area is 138 Å². The molecule has 0 radical (unpaired) electrons. The summed E-state index contributed by atoms with van der Waals surface area (Å²) in [7, 11) is -3.41. The Balaban J connectivity index is 1.92. The second-order valence-corrected chi connectivity index (χ2v) is 9.07. The van der Waals surface area contributed by atoms with Gasteiger partial charge in [-0.05, 0) is 37.4 Å². The van der Waals surface area contributed by atoms with Crippen LogP contribution in [0.3, 0.4) is 0 Å². The SMILES string of the molecule is Cc1ccc(S(=O)(=O)CCC(=O)NC2CCNCC2(C)C)cc1. The second-order valence-electron chi connectivity index (χ2n) is 6.96. The number of piperidine rings is 1. The summed E-state index contributed by atoms with van der Waals surface area (Å²) in [5.41, 5.74) is 0.985. The molecular weight excluding hydrogens is 312 g/mol. The van der Waals surface area contributed by atoms with Gasteiger partial charge in [0.25, 0.3) is 0 Å². The number of carbonyl (C=O) groups excluding carboxylic acids is 1. The third kappa shape index (κ3) is 4.78. The van der Waals surface area contributed by atoms with Crippen molar-refractivity contribution in [3.8, 4) is 0 Å². The van der Waals surface area contributed by atoms with Crippen LogP contribution < -0.4 is 10.6 Å². The molecule has 2 N–H and O–H groups in total. The molecule has 1 aromatic carbocycles. The maximum absolute atomic E-state index is 12.3.